The maximum atomic E-state index is 12.7. The van der Waals surface area contributed by atoms with Crippen LogP contribution in [0.3, 0.4) is 0 Å². The van der Waals surface area contributed by atoms with E-state index in [0.29, 0.717) is 32.5 Å². The lowest BCUT2D eigenvalue weighted by Crippen LogP contribution is -2.57. The van der Waals surface area contributed by atoms with E-state index in [2.05, 4.69) is 18.7 Å². The molecule has 2 saturated heterocycles. The Bertz CT molecular complexity index is 421. The first-order valence-electron chi connectivity index (χ1n) is 8.32. The van der Waals surface area contributed by atoms with Crippen LogP contribution in [0.25, 0.3) is 0 Å². The number of nitrogens with zero attached hydrogens (tertiary/aromatic N) is 2. The second-order valence-electron chi connectivity index (χ2n) is 6.80. The molecule has 0 saturated carbocycles. The second kappa shape index (κ2) is 6.96. The van der Waals surface area contributed by atoms with E-state index in [-0.39, 0.29) is 29.4 Å². The normalized spacial score (nSPS) is 29.3. The van der Waals surface area contributed by atoms with E-state index < -0.39 is 0 Å². The van der Waals surface area contributed by atoms with E-state index in [4.69, 9.17) is 10.5 Å². The number of morpholine rings is 1. The van der Waals surface area contributed by atoms with Crippen molar-refractivity contribution in [2.24, 2.45) is 11.7 Å². The molecule has 0 unspecified atom stereocenters. The molecule has 2 atom stereocenters. The number of rotatable bonds is 4. The van der Waals surface area contributed by atoms with Crippen molar-refractivity contribution in [2.75, 3.05) is 32.8 Å². The van der Waals surface area contributed by atoms with Gasteiger partial charge < -0.3 is 15.4 Å². The molecule has 0 aliphatic carbocycles. The third-order valence-corrected chi connectivity index (χ3v) is 5.23. The predicted octanol–water partition coefficient (Wildman–Crippen LogP) is 0.600. The zero-order chi connectivity index (χ0) is 16.3. The van der Waals surface area contributed by atoms with Crippen molar-refractivity contribution in [3.8, 4) is 0 Å². The van der Waals surface area contributed by atoms with Gasteiger partial charge in [-0.05, 0) is 33.1 Å². The molecule has 0 aromatic heterocycles. The summed E-state index contributed by atoms with van der Waals surface area (Å²) in [5.74, 6) is -0.165. The summed E-state index contributed by atoms with van der Waals surface area (Å²) < 4.78 is 5.84. The van der Waals surface area contributed by atoms with Gasteiger partial charge in [-0.1, -0.05) is 6.92 Å². The van der Waals surface area contributed by atoms with Crippen LogP contribution in [0.15, 0.2) is 0 Å². The highest BCUT2D eigenvalue weighted by Crippen LogP contribution is 2.24. The monoisotopic (exact) mass is 311 g/mol. The van der Waals surface area contributed by atoms with Gasteiger partial charge in [0, 0.05) is 32.1 Å². The van der Waals surface area contributed by atoms with Crippen LogP contribution >= 0.6 is 0 Å². The minimum absolute atomic E-state index is 0.0777. The first-order chi connectivity index (χ1) is 10.4. The van der Waals surface area contributed by atoms with Gasteiger partial charge >= 0.3 is 0 Å². The molecule has 2 rings (SSSR count). The third-order valence-electron chi connectivity index (χ3n) is 5.23. The lowest BCUT2D eigenvalue weighted by Gasteiger charge is -2.43. The van der Waals surface area contributed by atoms with E-state index in [1.54, 1.807) is 0 Å². The Morgan fingerprint density at radius 3 is 2.50 bits per heavy atom. The molecule has 0 bridgehead atoms. The molecule has 0 radical (unpaired) electrons. The van der Waals surface area contributed by atoms with Gasteiger partial charge in [-0.3, -0.25) is 14.5 Å². The molecule has 2 aliphatic heterocycles. The number of ether oxygens (including phenoxy) is 1. The summed E-state index contributed by atoms with van der Waals surface area (Å²) in [7, 11) is 0. The first-order valence-corrected chi connectivity index (χ1v) is 8.32. The largest absolute Gasteiger partial charge is 0.373 e. The second-order valence-corrected chi connectivity index (χ2v) is 6.80. The van der Waals surface area contributed by atoms with Crippen LogP contribution in [0.2, 0.25) is 0 Å². The summed E-state index contributed by atoms with van der Waals surface area (Å²) >= 11 is 0. The smallest absolute Gasteiger partial charge is 0.239 e. The average Bonchev–Trinajstić information content (AvgIpc) is 2.53. The number of piperidine rings is 1. The maximum Gasteiger partial charge on any atom is 0.239 e. The van der Waals surface area contributed by atoms with Gasteiger partial charge in [0.1, 0.15) is 0 Å². The number of hydrogen-bond acceptors (Lipinski definition) is 4. The highest BCUT2D eigenvalue weighted by Gasteiger charge is 2.36. The summed E-state index contributed by atoms with van der Waals surface area (Å²) in [6, 6.07) is -0.139. The summed E-state index contributed by atoms with van der Waals surface area (Å²) in [6.07, 6.45) is 2.31. The van der Waals surface area contributed by atoms with Gasteiger partial charge in [-0.15, -0.1) is 0 Å². The summed E-state index contributed by atoms with van der Waals surface area (Å²) in [6.45, 7) is 9.71. The molecular weight excluding hydrogens is 282 g/mol. The lowest BCUT2D eigenvalue weighted by molar-refractivity contribution is -0.147. The third kappa shape index (κ3) is 3.79. The van der Waals surface area contributed by atoms with Crippen molar-refractivity contribution in [1.82, 2.24) is 9.80 Å². The van der Waals surface area contributed by atoms with Crippen LogP contribution in [-0.2, 0) is 14.3 Å². The molecule has 2 aliphatic rings. The predicted molar refractivity (Wildman–Crippen MR) is 84.2 cm³/mol. The van der Waals surface area contributed by atoms with Crippen molar-refractivity contribution in [1.29, 1.82) is 0 Å². The Morgan fingerprint density at radius 2 is 1.95 bits per heavy atom. The molecule has 2 fully saturated rings. The molecule has 2 N–H and O–H groups in total. The molecule has 6 nitrogen and oxygen atoms in total. The average molecular weight is 311 g/mol. The van der Waals surface area contributed by atoms with Crippen molar-refractivity contribution >= 4 is 11.8 Å². The van der Waals surface area contributed by atoms with Crippen LogP contribution < -0.4 is 5.73 Å². The highest BCUT2D eigenvalue weighted by atomic mass is 16.5. The Morgan fingerprint density at radius 1 is 1.32 bits per heavy atom. The number of carbonyl (C=O) groups is 2. The van der Waals surface area contributed by atoms with E-state index >= 15 is 0 Å². The van der Waals surface area contributed by atoms with Crippen LogP contribution in [0.4, 0.5) is 0 Å². The number of hydrogen-bond donors (Lipinski definition) is 1. The first kappa shape index (κ1) is 17.2. The summed E-state index contributed by atoms with van der Waals surface area (Å²) in [4.78, 5) is 28.0. The van der Waals surface area contributed by atoms with Crippen molar-refractivity contribution in [3.63, 3.8) is 0 Å². The fourth-order valence-corrected chi connectivity index (χ4v) is 3.31. The molecule has 0 aromatic rings. The summed E-state index contributed by atoms with van der Waals surface area (Å²) in [5, 5.41) is 0. The van der Waals surface area contributed by atoms with Gasteiger partial charge in [0.2, 0.25) is 11.8 Å². The summed E-state index contributed by atoms with van der Waals surface area (Å²) in [5.41, 5.74) is 5.19. The Labute approximate surface area is 132 Å². The molecule has 0 aromatic carbocycles. The quantitative estimate of drug-likeness (QED) is 0.825. The van der Waals surface area contributed by atoms with E-state index in [9.17, 15) is 9.59 Å². The lowest BCUT2D eigenvalue weighted by atomic mass is 9.95. The fraction of sp³-hybridized carbons (Fsp3) is 0.875. The number of likely N-dealkylation sites (tertiary alicyclic amines) is 1. The van der Waals surface area contributed by atoms with Gasteiger partial charge in [-0.2, -0.15) is 0 Å². The molecule has 126 valence electrons. The van der Waals surface area contributed by atoms with Crippen LogP contribution in [0.5, 0.6) is 0 Å². The molecule has 2 heterocycles. The number of amides is 2. The highest BCUT2D eigenvalue weighted by molar-refractivity contribution is 5.82. The molecule has 6 heteroatoms. The number of primary amides is 1. The van der Waals surface area contributed by atoms with Gasteiger partial charge in [0.05, 0.1) is 18.2 Å². The van der Waals surface area contributed by atoms with Gasteiger partial charge in [0.15, 0.2) is 0 Å². The molecule has 2 amide bonds. The van der Waals surface area contributed by atoms with Crippen LogP contribution in [0.1, 0.15) is 40.0 Å². The SMILES string of the molecule is CC[C@@]1(C)CN([C@@H](C)C(=O)N2CCC(C(N)=O)CC2)CCO1. The molecular formula is C16H29N3O3. The fourth-order valence-electron chi connectivity index (χ4n) is 3.31. The maximum absolute atomic E-state index is 12.7. The van der Waals surface area contributed by atoms with Crippen molar-refractivity contribution < 1.29 is 14.3 Å². The van der Waals surface area contributed by atoms with E-state index in [1.165, 1.54) is 0 Å². The molecule has 22 heavy (non-hydrogen) atoms. The minimum atomic E-state index is -0.243. The number of carbonyl (C=O) groups excluding carboxylic acids is 2. The van der Waals surface area contributed by atoms with E-state index in [1.807, 2.05) is 11.8 Å². The van der Waals surface area contributed by atoms with Crippen LogP contribution in [0, 0.1) is 5.92 Å². The number of nitrogens with two attached hydrogens (primary N) is 1. The Kier molecular flexibility index (Phi) is 5.45. The van der Waals surface area contributed by atoms with Gasteiger partial charge in [-0.25, -0.2) is 0 Å². The standard InChI is InChI=1S/C16H29N3O3/c1-4-16(3)11-19(9-10-22-16)12(2)15(21)18-7-5-13(6-8-18)14(17)20/h12-13H,4-11H2,1-3H3,(H2,17,20)/t12-,16-/m0/s1. The van der Waals surface area contributed by atoms with Crippen molar-refractivity contribution in [2.45, 2.75) is 51.7 Å². The Hall–Kier alpha value is -1.14. The van der Waals surface area contributed by atoms with Gasteiger partial charge in [0.25, 0.3) is 0 Å². The Balaban J connectivity index is 1.91. The zero-order valence-electron chi connectivity index (χ0n) is 14.0. The van der Waals surface area contributed by atoms with Crippen molar-refractivity contribution in [3.05, 3.63) is 0 Å². The minimum Gasteiger partial charge on any atom is -0.373 e. The van der Waals surface area contributed by atoms with Crippen LogP contribution in [-0.4, -0.2) is 66.0 Å². The van der Waals surface area contributed by atoms with E-state index in [0.717, 1.165) is 19.5 Å². The molecule has 0 spiro atoms. The topological polar surface area (TPSA) is 75.9 Å². The zero-order valence-corrected chi connectivity index (χ0v) is 14.0.